The highest BCUT2D eigenvalue weighted by Crippen LogP contribution is 2.13. The molecule has 1 heterocycles. The lowest BCUT2D eigenvalue weighted by atomic mass is 10.1. The molecule has 0 aromatic rings. The number of ether oxygens (including phenoxy) is 2. The van der Waals surface area contributed by atoms with Crippen molar-refractivity contribution in [3.8, 4) is 0 Å². The second-order valence-corrected chi connectivity index (χ2v) is 4.80. The Hall–Kier alpha value is -0.120. The summed E-state index contributed by atoms with van der Waals surface area (Å²) in [5.74, 6) is 0. The molecule has 0 spiro atoms. The lowest BCUT2D eigenvalue weighted by Crippen LogP contribution is -2.32. The summed E-state index contributed by atoms with van der Waals surface area (Å²) < 4.78 is 11.3. The highest BCUT2D eigenvalue weighted by molar-refractivity contribution is 4.68. The van der Waals surface area contributed by atoms with Gasteiger partial charge in [0, 0.05) is 19.7 Å². The van der Waals surface area contributed by atoms with Gasteiger partial charge in [-0.05, 0) is 33.1 Å². The molecule has 0 amide bonds. The predicted octanol–water partition coefficient (Wildman–Crippen LogP) is 1.96. The van der Waals surface area contributed by atoms with Crippen molar-refractivity contribution in [2.24, 2.45) is 0 Å². The Morgan fingerprint density at radius 3 is 2.87 bits per heavy atom. The van der Waals surface area contributed by atoms with Crippen LogP contribution in [0.1, 0.15) is 40.0 Å². The highest BCUT2D eigenvalue weighted by Gasteiger charge is 2.16. The van der Waals surface area contributed by atoms with Crippen LogP contribution in [0.15, 0.2) is 0 Å². The third-order valence-electron chi connectivity index (χ3n) is 3.02. The van der Waals surface area contributed by atoms with Gasteiger partial charge in [0.25, 0.3) is 0 Å². The van der Waals surface area contributed by atoms with E-state index in [4.69, 9.17) is 9.47 Å². The van der Waals surface area contributed by atoms with Crippen molar-refractivity contribution in [1.29, 1.82) is 0 Å². The Morgan fingerprint density at radius 2 is 2.27 bits per heavy atom. The van der Waals surface area contributed by atoms with Gasteiger partial charge in [0.1, 0.15) is 0 Å². The van der Waals surface area contributed by atoms with Gasteiger partial charge >= 0.3 is 0 Å². The normalized spacial score (nSPS) is 22.2. The van der Waals surface area contributed by atoms with Gasteiger partial charge in [-0.25, -0.2) is 0 Å². The molecule has 0 aliphatic carbocycles. The van der Waals surface area contributed by atoms with Crippen LogP contribution in [0, 0.1) is 0 Å². The van der Waals surface area contributed by atoms with Crippen molar-refractivity contribution in [1.82, 2.24) is 5.32 Å². The first-order valence-corrected chi connectivity index (χ1v) is 6.10. The molecule has 1 aliphatic heterocycles. The average Bonchev–Trinajstić information content (AvgIpc) is 2.70. The molecule has 0 aromatic carbocycles. The lowest BCUT2D eigenvalue weighted by Gasteiger charge is -2.23. The first-order valence-electron chi connectivity index (χ1n) is 6.10. The predicted molar refractivity (Wildman–Crippen MR) is 62.2 cm³/mol. The van der Waals surface area contributed by atoms with Gasteiger partial charge in [-0.15, -0.1) is 0 Å². The minimum atomic E-state index is 0.0194. The van der Waals surface area contributed by atoms with E-state index in [1.165, 1.54) is 12.8 Å². The minimum Gasteiger partial charge on any atom is -0.377 e. The smallest absolute Gasteiger partial charge is 0.0700 e. The zero-order chi connectivity index (χ0) is 11.1. The van der Waals surface area contributed by atoms with Gasteiger partial charge < -0.3 is 14.8 Å². The van der Waals surface area contributed by atoms with E-state index in [1.54, 1.807) is 0 Å². The summed E-state index contributed by atoms with van der Waals surface area (Å²) in [7, 11) is 0. The van der Waals surface area contributed by atoms with E-state index in [0.717, 1.165) is 32.7 Å². The molecule has 1 fully saturated rings. The first-order chi connectivity index (χ1) is 7.14. The van der Waals surface area contributed by atoms with Gasteiger partial charge in [-0.3, -0.25) is 0 Å². The molecule has 1 atom stereocenters. The van der Waals surface area contributed by atoms with E-state index in [0.29, 0.717) is 6.10 Å². The van der Waals surface area contributed by atoms with Crippen LogP contribution in [-0.2, 0) is 9.47 Å². The van der Waals surface area contributed by atoms with Crippen LogP contribution >= 0.6 is 0 Å². The Bertz CT molecular complexity index is 165. The maximum Gasteiger partial charge on any atom is 0.0700 e. The van der Waals surface area contributed by atoms with Crippen LogP contribution in [0.3, 0.4) is 0 Å². The summed E-state index contributed by atoms with van der Waals surface area (Å²) in [6.07, 6.45) is 3.91. The molecule has 90 valence electrons. The molecule has 1 unspecified atom stereocenters. The molecule has 15 heavy (non-hydrogen) atoms. The van der Waals surface area contributed by atoms with Crippen LogP contribution in [0.25, 0.3) is 0 Å². The summed E-state index contributed by atoms with van der Waals surface area (Å²) in [6.45, 7) is 10.0. The van der Waals surface area contributed by atoms with Gasteiger partial charge in [-0.2, -0.15) is 0 Å². The van der Waals surface area contributed by atoms with Crippen LogP contribution in [0.2, 0.25) is 0 Å². The van der Waals surface area contributed by atoms with E-state index in [-0.39, 0.29) is 5.60 Å². The Balaban J connectivity index is 1.92. The summed E-state index contributed by atoms with van der Waals surface area (Å²) in [5, 5.41) is 3.37. The number of hydrogen-bond donors (Lipinski definition) is 1. The van der Waals surface area contributed by atoms with E-state index in [2.05, 4.69) is 26.1 Å². The van der Waals surface area contributed by atoms with E-state index >= 15 is 0 Å². The van der Waals surface area contributed by atoms with E-state index in [1.807, 2.05) is 0 Å². The van der Waals surface area contributed by atoms with Gasteiger partial charge in [-0.1, -0.05) is 6.92 Å². The van der Waals surface area contributed by atoms with Crippen LogP contribution < -0.4 is 5.32 Å². The van der Waals surface area contributed by atoms with Crippen LogP contribution in [0.4, 0.5) is 0 Å². The third-order valence-corrected chi connectivity index (χ3v) is 3.02. The van der Waals surface area contributed by atoms with Gasteiger partial charge in [0.05, 0.1) is 18.3 Å². The topological polar surface area (TPSA) is 30.5 Å². The molecule has 3 heteroatoms. The minimum absolute atomic E-state index is 0.0194. The lowest BCUT2D eigenvalue weighted by molar-refractivity contribution is -0.0188. The molecule has 3 nitrogen and oxygen atoms in total. The van der Waals surface area contributed by atoms with Crippen molar-refractivity contribution < 1.29 is 9.47 Å². The quantitative estimate of drug-likeness (QED) is 0.659. The second kappa shape index (κ2) is 6.46. The third kappa shape index (κ3) is 5.50. The van der Waals surface area contributed by atoms with Gasteiger partial charge in [0.2, 0.25) is 0 Å². The Labute approximate surface area is 93.5 Å². The molecule has 0 saturated carbocycles. The van der Waals surface area contributed by atoms with Crippen molar-refractivity contribution in [3.05, 3.63) is 0 Å². The number of nitrogens with one attached hydrogen (secondary N) is 1. The maximum atomic E-state index is 5.74. The fraction of sp³-hybridized carbons (Fsp3) is 1.00. The molecule has 1 aliphatic rings. The fourth-order valence-corrected chi connectivity index (χ4v) is 1.57. The van der Waals surface area contributed by atoms with Crippen molar-refractivity contribution in [2.75, 3.05) is 26.3 Å². The largest absolute Gasteiger partial charge is 0.377 e. The average molecular weight is 215 g/mol. The maximum absolute atomic E-state index is 5.74. The highest BCUT2D eigenvalue weighted by atomic mass is 16.5. The Morgan fingerprint density at radius 1 is 1.47 bits per heavy atom. The van der Waals surface area contributed by atoms with Crippen molar-refractivity contribution in [2.45, 2.75) is 51.7 Å². The van der Waals surface area contributed by atoms with Crippen molar-refractivity contribution >= 4 is 0 Å². The standard InChI is InChI=1S/C12H25NO2/c1-4-12(2,3)15-9-7-13-10-11-6-5-8-14-11/h11,13H,4-10H2,1-3H3. The number of rotatable bonds is 7. The van der Waals surface area contributed by atoms with E-state index in [9.17, 15) is 0 Å². The molecule has 0 aromatic heterocycles. The second-order valence-electron chi connectivity index (χ2n) is 4.80. The molecule has 1 N–H and O–H groups in total. The summed E-state index contributed by atoms with van der Waals surface area (Å²) >= 11 is 0. The van der Waals surface area contributed by atoms with Crippen molar-refractivity contribution in [3.63, 3.8) is 0 Å². The van der Waals surface area contributed by atoms with E-state index < -0.39 is 0 Å². The monoisotopic (exact) mass is 215 g/mol. The summed E-state index contributed by atoms with van der Waals surface area (Å²) in [6, 6.07) is 0. The number of hydrogen-bond acceptors (Lipinski definition) is 3. The zero-order valence-electron chi connectivity index (χ0n) is 10.3. The van der Waals surface area contributed by atoms with Gasteiger partial charge in [0.15, 0.2) is 0 Å². The molecule has 1 rings (SSSR count). The van der Waals surface area contributed by atoms with Crippen LogP contribution in [0.5, 0.6) is 0 Å². The van der Waals surface area contributed by atoms with Crippen LogP contribution in [-0.4, -0.2) is 38.0 Å². The summed E-state index contributed by atoms with van der Waals surface area (Å²) in [4.78, 5) is 0. The zero-order valence-corrected chi connectivity index (χ0v) is 10.3. The summed E-state index contributed by atoms with van der Waals surface area (Å²) in [5.41, 5.74) is 0.0194. The Kier molecular flexibility index (Phi) is 5.58. The molecule has 1 saturated heterocycles. The SMILES string of the molecule is CCC(C)(C)OCCNCC1CCCO1. The fourth-order valence-electron chi connectivity index (χ4n) is 1.57. The molecule has 0 bridgehead atoms. The molecule has 0 radical (unpaired) electrons. The molecular formula is C12H25NO2. The molecular weight excluding hydrogens is 190 g/mol. The first kappa shape index (κ1) is 12.9.